The van der Waals surface area contributed by atoms with Gasteiger partial charge in [0, 0.05) is 17.0 Å². The second-order valence-corrected chi connectivity index (χ2v) is 8.78. The lowest BCUT2D eigenvalue weighted by molar-refractivity contribution is 0.0989. The standard InChI is InChI=1S/C23H22N2OS.C3H8/c1-2-14-25(23-20(15-24)18-11-5-6-13-21(18)27-23)22(26)19-12-7-9-16-8-3-4-10-17(16)19;1-3-2/h3-4,7-10,12H,2,5-6,11,13-14H2,1H3;3H2,1-2H3. The number of carbonyl (C=O) groups excluding carboxylic acids is 1. The molecule has 1 aliphatic rings. The van der Waals surface area contributed by atoms with E-state index < -0.39 is 0 Å². The molecule has 4 heteroatoms. The summed E-state index contributed by atoms with van der Waals surface area (Å²) in [6, 6.07) is 16.2. The first-order valence-corrected chi connectivity index (χ1v) is 11.8. The van der Waals surface area contributed by atoms with Crippen molar-refractivity contribution in [1.29, 1.82) is 5.26 Å². The average molecular weight is 419 g/mol. The Morgan fingerprint density at radius 3 is 2.50 bits per heavy atom. The smallest absolute Gasteiger partial charge is 0.259 e. The van der Waals surface area contributed by atoms with Crippen LogP contribution in [0.3, 0.4) is 0 Å². The maximum atomic E-state index is 13.6. The number of rotatable bonds is 4. The Morgan fingerprint density at radius 2 is 1.77 bits per heavy atom. The number of hydrogen-bond acceptors (Lipinski definition) is 3. The van der Waals surface area contributed by atoms with Gasteiger partial charge in [-0.15, -0.1) is 11.3 Å². The third kappa shape index (κ3) is 4.42. The van der Waals surface area contributed by atoms with E-state index in [9.17, 15) is 10.1 Å². The minimum Gasteiger partial charge on any atom is -0.299 e. The molecule has 0 bridgehead atoms. The first-order chi connectivity index (χ1) is 14.7. The van der Waals surface area contributed by atoms with Crippen molar-refractivity contribution >= 4 is 33.0 Å². The number of aryl methyl sites for hydroxylation is 1. The lowest BCUT2D eigenvalue weighted by Crippen LogP contribution is -2.31. The predicted octanol–water partition coefficient (Wildman–Crippen LogP) is 7.12. The lowest BCUT2D eigenvalue weighted by atomic mass is 9.96. The number of benzene rings is 2. The van der Waals surface area contributed by atoms with Crippen molar-refractivity contribution in [3.8, 4) is 6.07 Å². The molecule has 0 N–H and O–H groups in total. The molecule has 4 rings (SSSR count). The summed E-state index contributed by atoms with van der Waals surface area (Å²) in [5.74, 6) is -0.0104. The first-order valence-electron chi connectivity index (χ1n) is 11.0. The topological polar surface area (TPSA) is 44.1 Å². The summed E-state index contributed by atoms with van der Waals surface area (Å²) < 4.78 is 0. The van der Waals surface area contributed by atoms with E-state index in [0.29, 0.717) is 12.1 Å². The predicted molar refractivity (Wildman–Crippen MR) is 128 cm³/mol. The highest BCUT2D eigenvalue weighted by molar-refractivity contribution is 7.16. The Hall–Kier alpha value is -2.64. The van der Waals surface area contributed by atoms with Crippen LogP contribution < -0.4 is 4.90 Å². The molecule has 0 fully saturated rings. The van der Waals surface area contributed by atoms with Crippen LogP contribution in [0.4, 0.5) is 5.00 Å². The van der Waals surface area contributed by atoms with Crippen LogP contribution in [0, 0.1) is 11.3 Å². The van der Waals surface area contributed by atoms with E-state index >= 15 is 0 Å². The van der Waals surface area contributed by atoms with E-state index in [4.69, 9.17) is 0 Å². The second kappa shape index (κ2) is 10.4. The molecule has 30 heavy (non-hydrogen) atoms. The average Bonchev–Trinajstić information content (AvgIpc) is 3.15. The third-order valence-corrected chi connectivity index (χ3v) is 6.54. The summed E-state index contributed by atoms with van der Waals surface area (Å²) in [6.07, 6.45) is 6.38. The fraction of sp³-hybridized carbons (Fsp3) is 0.385. The van der Waals surface area contributed by atoms with Crippen molar-refractivity contribution < 1.29 is 4.79 Å². The molecular formula is C26H30N2OS. The quantitative estimate of drug-likeness (QED) is 0.452. The molecule has 3 aromatic rings. The third-order valence-electron chi connectivity index (χ3n) is 5.22. The zero-order valence-corrected chi connectivity index (χ0v) is 19.0. The van der Waals surface area contributed by atoms with Crippen molar-refractivity contribution in [2.45, 2.75) is 59.3 Å². The van der Waals surface area contributed by atoms with Gasteiger partial charge in [-0.3, -0.25) is 9.69 Å². The van der Waals surface area contributed by atoms with Crippen LogP contribution in [0.2, 0.25) is 0 Å². The van der Waals surface area contributed by atoms with Crippen molar-refractivity contribution in [3.05, 3.63) is 64.0 Å². The summed E-state index contributed by atoms with van der Waals surface area (Å²) in [7, 11) is 0. The molecule has 0 radical (unpaired) electrons. The van der Waals surface area contributed by atoms with Crippen molar-refractivity contribution in [2.24, 2.45) is 0 Å². The molecule has 0 unspecified atom stereocenters. The van der Waals surface area contributed by atoms with Gasteiger partial charge >= 0.3 is 0 Å². The number of thiophene rings is 1. The number of amides is 1. The normalized spacial score (nSPS) is 12.5. The van der Waals surface area contributed by atoms with Gasteiger partial charge in [-0.1, -0.05) is 63.6 Å². The second-order valence-electron chi connectivity index (χ2n) is 7.69. The fourth-order valence-electron chi connectivity index (χ4n) is 3.93. The zero-order valence-electron chi connectivity index (χ0n) is 18.2. The van der Waals surface area contributed by atoms with Crippen molar-refractivity contribution in [1.82, 2.24) is 0 Å². The molecule has 1 amide bonds. The van der Waals surface area contributed by atoms with Crippen LogP contribution in [0.25, 0.3) is 10.8 Å². The minimum atomic E-state index is -0.0104. The minimum absolute atomic E-state index is 0.0104. The zero-order chi connectivity index (χ0) is 21.5. The number of hydrogen-bond donors (Lipinski definition) is 0. The van der Waals surface area contributed by atoms with Gasteiger partial charge in [0.25, 0.3) is 5.91 Å². The molecule has 2 aromatic carbocycles. The molecule has 0 aliphatic heterocycles. The molecule has 3 nitrogen and oxygen atoms in total. The van der Waals surface area contributed by atoms with Crippen LogP contribution in [-0.2, 0) is 12.8 Å². The molecule has 156 valence electrons. The van der Waals surface area contributed by atoms with Gasteiger partial charge in [0.05, 0.1) is 5.56 Å². The Morgan fingerprint density at radius 1 is 1.07 bits per heavy atom. The first kappa shape index (κ1) is 22.1. The molecule has 0 saturated carbocycles. The summed E-state index contributed by atoms with van der Waals surface area (Å²) in [6.45, 7) is 6.94. The van der Waals surface area contributed by atoms with Crippen LogP contribution in [-0.4, -0.2) is 12.5 Å². The van der Waals surface area contributed by atoms with Gasteiger partial charge in [-0.2, -0.15) is 5.26 Å². The molecule has 1 aromatic heterocycles. The highest BCUT2D eigenvalue weighted by Crippen LogP contribution is 2.40. The lowest BCUT2D eigenvalue weighted by Gasteiger charge is -2.22. The van der Waals surface area contributed by atoms with Crippen LogP contribution in [0.1, 0.15) is 72.8 Å². The van der Waals surface area contributed by atoms with E-state index in [0.717, 1.165) is 47.0 Å². The largest absolute Gasteiger partial charge is 0.299 e. The van der Waals surface area contributed by atoms with E-state index in [1.54, 1.807) is 11.3 Å². The maximum Gasteiger partial charge on any atom is 0.259 e. The van der Waals surface area contributed by atoms with E-state index in [-0.39, 0.29) is 5.91 Å². The van der Waals surface area contributed by atoms with Gasteiger partial charge in [0.15, 0.2) is 0 Å². The Bertz CT molecular complexity index is 1060. The Kier molecular flexibility index (Phi) is 7.65. The Balaban J connectivity index is 0.000000806. The fourth-order valence-corrected chi connectivity index (χ4v) is 5.30. The summed E-state index contributed by atoms with van der Waals surface area (Å²) in [5.41, 5.74) is 2.60. The van der Waals surface area contributed by atoms with E-state index in [1.807, 2.05) is 47.4 Å². The Labute approximate surface area is 184 Å². The van der Waals surface area contributed by atoms with Crippen molar-refractivity contribution in [3.63, 3.8) is 0 Å². The number of carbonyl (C=O) groups is 1. The number of nitriles is 1. The molecule has 0 atom stereocenters. The monoisotopic (exact) mass is 418 g/mol. The SMILES string of the molecule is CCC.CCCN(C(=O)c1cccc2ccccc12)c1sc2c(c1C#N)CCCC2. The summed E-state index contributed by atoms with van der Waals surface area (Å²) >= 11 is 1.65. The highest BCUT2D eigenvalue weighted by Gasteiger charge is 2.28. The molecular weight excluding hydrogens is 388 g/mol. The molecule has 1 heterocycles. The summed E-state index contributed by atoms with van der Waals surface area (Å²) in [4.78, 5) is 16.7. The van der Waals surface area contributed by atoms with E-state index in [1.165, 1.54) is 23.3 Å². The highest BCUT2D eigenvalue weighted by atomic mass is 32.1. The van der Waals surface area contributed by atoms with Gasteiger partial charge in [-0.05, 0) is 54.5 Å². The number of nitrogens with zero attached hydrogens (tertiary/aromatic N) is 2. The number of fused-ring (bicyclic) bond motifs is 2. The van der Waals surface area contributed by atoms with Crippen LogP contribution >= 0.6 is 11.3 Å². The van der Waals surface area contributed by atoms with Gasteiger partial charge in [0.1, 0.15) is 11.1 Å². The number of anilines is 1. The summed E-state index contributed by atoms with van der Waals surface area (Å²) in [5, 5.41) is 12.7. The molecule has 1 aliphatic carbocycles. The van der Waals surface area contributed by atoms with E-state index in [2.05, 4.69) is 26.8 Å². The van der Waals surface area contributed by atoms with Gasteiger partial charge in [0.2, 0.25) is 0 Å². The van der Waals surface area contributed by atoms with Crippen molar-refractivity contribution in [2.75, 3.05) is 11.4 Å². The molecule has 0 saturated heterocycles. The van der Waals surface area contributed by atoms with Crippen LogP contribution in [0.15, 0.2) is 42.5 Å². The maximum absolute atomic E-state index is 13.6. The van der Waals surface area contributed by atoms with Gasteiger partial charge in [-0.25, -0.2) is 0 Å². The van der Waals surface area contributed by atoms with Crippen LogP contribution in [0.5, 0.6) is 0 Å². The molecule has 0 spiro atoms. The van der Waals surface area contributed by atoms with Gasteiger partial charge < -0.3 is 0 Å².